The normalized spacial score (nSPS) is 21.5. The van der Waals surface area contributed by atoms with Crippen LogP contribution in [0.1, 0.15) is 12.8 Å². The second-order valence-electron chi connectivity index (χ2n) is 4.43. The smallest absolute Gasteiger partial charge is 0.244 e. The van der Waals surface area contributed by atoms with Gasteiger partial charge in [0, 0.05) is 13.1 Å². The first-order valence-electron chi connectivity index (χ1n) is 5.75. The SMILES string of the molecule is Nc1c(Cl)ccc(S(=O)(=O)N2CCC[C@H](O)C2)c1Cl. The van der Waals surface area contributed by atoms with Crippen molar-refractivity contribution in [3.63, 3.8) is 0 Å². The van der Waals surface area contributed by atoms with Gasteiger partial charge in [0.2, 0.25) is 10.0 Å². The second-order valence-corrected chi connectivity index (χ2v) is 7.12. The Morgan fingerprint density at radius 1 is 1.37 bits per heavy atom. The number of aliphatic hydroxyl groups is 1. The van der Waals surface area contributed by atoms with Crippen LogP contribution in [-0.2, 0) is 10.0 Å². The summed E-state index contributed by atoms with van der Waals surface area (Å²) in [5.74, 6) is 0. The summed E-state index contributed by atoms with van der Waals surface area (Å²) in [5, 5.41) is 9.71. The number of piperidine rings is 1. The van der Waals surface area contributed by atoms with E-state index in [1.54, 1.807) is 0 Å². The van der Waals surface area contributed by atoms with Crippen molar-refractivity contribution in [2.45, 2.75) is 23.8 Å². The molecule has 106 valence electrons. The van der Waals surface area contributed by atoms with Crippen molar-refractivity contribution in [2.24, 2.45) is 0 Å². The summed E-state index contributed by atoms with van der Waals surface area (Å²) in [6, 6.07) is 2.73. The molecule has 1 aromatic carbocycles. The molecular formula is C11H14Cl2N2O3S. The lowest BCUT2D eigenvalue weighted by Gasteiger charge is -2.29. The maximum absolute atomic E-state index is 12.4. The molecule has 3 N–H and O–H groups in total. The van der Waals surface area contributed by atoms with Crippen molar-refractivity contribution < 1.29 is 13.5 Å². The van der Waals surface area contributed by atoms with Crippen molar-refractivity contribution in [3.8, 4) is 0 Å². The van der Waals surface area contributed by atoms with Crippen molar-refractivity contribution in [1.29, 1.82) is 0 Å². The van der Waals surface area contributed by atoms with Gasteiger partial charge in [-0.1, -0.05) is 23.2 Å². The number of nitrogens with two attached hydrogens (primary N) is 1. The van der Waals surface area contributed by atoms with E-state index in [4.69, 9.17) is 28.9 Å². The molecule has 1 aromatic rings. The predicted molar refractivity (Wildman–Crippen MR) is 74.9 cm³/mol. The van der Waals surface area contributed by atoms with E-state index in [9.17, 15) is 13.5 Å². The van der Waals surface area contributed by atoms with Crippen LogP contribution in [0.3, 0.4) is 0 Å². The maximum atomic E-state index is 12.4. The first kappa shape index (κ1) is 14.9. The molecule has 5 nitrogen and oxygen atoms in total. The van der Waals surface area contributed by atoms with Gasteiger partial charge >= 0.3 is 0 Å². The van der Waals surface area contributed by atoms with Gasteiger partial charge in [-0.3, -0.25) is 0 Å². The Bertz CT molecular complexity index is 592. The fraction of sp³-hybridized carbons (Fsp3) is 0.455. The Morgan fingerprint density at radius 2 is 2.05 bits per heavy atom. The minimum Gasteiger partial charge on any atom is -0.396 e. The molecule has 1 heterocycles. The van der Waals surface area contributed by atoms with Gasteiger partial charge in [0.15, 0.2) is 0 Å². The van der Waals surface area contributed by atoms with Crippen LogP contribution in [0.5, 0.6) is 0 Å². The number of nitrogens with zero attached hydrogens (tertiary/aromatic N) is 1. The molecule has 1 aliphatic rings. The van der Waals surface area contributed by atoms with Gasteiger partial charge in [0.05, 0.1) is 21.8 Å². The van der Waals surface area contributed by atoms with E-state index in [1.807, 2.05) is 0 Å². The van der Waals surface area contributed by atoms with Crippen molar-refractivity contribution >= 4 is 38.9 Å². The molecule has 2 rings (SSSR count). The first-order chi connectivity index (χ1) is 8.84. The Hall–Kier alpha value is -0.530. The lowest BCUT2D eigenvalue weighted by atomic mass is 10.1. The molecule has 19 heavy (non-hydrogen) atoms. The third-order valence-electron chi connectivity index (χ3n) is 3.07. The van der Waals surface area contributed by atoms with Gasteiger partial charge in [-0.25, -0.2) is 8.42 Å². The van der Waals surface area contributed by atoms with Crippen molar-refractivity contribution in [2.75, 3.05) is 18.8 Å². The average Bonchev–Trinajstić information content (AvgIpc) is 2.36. The highest BCUT2D eigenvalue weighted by molar-refractivity contribution is 7.89. The van der Waals surface area contributed by atoms with Gasteiger partial charge in [-0.15, -0.1) is 0 Å². The molecule has 0 amide bonds. The maximum Gasteiger partial charge on any atom is 0.244 e. The third-order valence-corrected chi connectivity index (χ3v) is 5.82. The summed E-state index contributed by atoms with van der Waals surface area (Å²) in [4.78, 5) is -0.0785. The van der Waals surface area contributed by atoms with E-state index in [1.165, 1.54) is 16.4 Å². The lowest BCUT2D eigenvalue weighted by molar-refractivity contribution is 0.108. The Kier molecular flexibility index (Phi) is 4.27. The number of benzene rings is 1. The van der Waals surface area contributed by atoms with Crippen molar-refractivity contribution in [1.82, 2.24) is 4.31 Å². The number of hydrogen-bond donors (Lipinski definition) is 2. The molecule has 0 spiro atoms. The highest BCUT2D eigenvalue weighted by Gasteiger charge is 2.31. The zero-order chi connectivity index (χ0) is 14.2. The minimum atomic E-state index is -3.76. The summed E-state index contributed by atoms with van der Waals surface area (Å²) in [7, 11) is -3.76. The van der Waals surface area contributed by atoms with Gasteiger partial charge in [0.1, 0.15) is 4.90 Å². The number of anilines is 1. The largest absolute Gasteiger partial charge is 0.396 e. The molecule has 0 aliphatic carbocycles. The number of hydrogen-bond acceptors (Lipinski definition) is 4. The van der Waals surface area contributed by atoms with Crippen LogP contribution in [0.4, 0.5) is 5.69 Å². The van der Waals surface area contributed by atoms with Crippen molar-refractivity contribution in [3.05, 3.63) is 22.2 Å². The van der Waals surface area contributed by atoms with E-state index in [-0.39, 0.29) is 27.2 Å². The van der Waals surface area contributed by atoms with E-state index in [2.05, 4.69) is 0 Å². The Labute approximate surface area is 122 Å². The molecule has 1 fully saturated rings. The molecule has 0 unspecified atom stereocenters. The molecule has 1 aliphatic heterocycles. The number of aliphatic hydroxyl groups excluding tert-OH is 1. The highest BCUT2D eigenvalue weighted by Crippen LogP contribution is 2.35. The number of sulfonamides is 1. The van der Waals surface area contributed by atoms with Crippen LogP contribution in [-0.4, -0.2) is 37.0 Å². The Morgan fingerprint density at radius 3 is 2.68 bits per heavy atom. The molecular weight excluding hydrogens is 311 g/mol. The number of β-amino-alcohol motifs (C(OH)–C–C–N with tert-alkyl or cyclic N) is 1. The fourth-order valence-electron chi connectivity index (χ4n) is 2.03. The highest BCUT2D eigenvalue weighted by atomic mass is 35.5. The van der Waals surface area contributed by atoms with Gasteiger partial charge in [0.25, 0.3) is 0 Å². The van der Waals surface area contributed by atoms with E-state index >= 15 is 0 Å². The van der Waals surface area contributed by atoms with Crippen LogP contribution in [0, 0.1) is 0 Å². The molecule has 0 radical (unpaired) electrons. The minimum absolute atomic E-state index is 0.0435. The topological polar surface area (TPSA) is 83.6 Å². The van der Waals surface area contributed by atoms with Crippen LogP contribution in [0.2, 0.25) is 10.0 Å². The lowest BCUT2D eigenvalue weighted by Crippen LogP contribution is -2.42. The summed E-state index contributed by atoms with van der Waals surface area (Å²) >= 11 is 11.7. The van der Waals surface area contributed by atoms with Crippen LogP contribution < -0.4 is 5.73 Å². The summed E-state index contributed by atoms with van der Waals surface area (Å²) in [6.45, 7) is 0.430. The van der Waals surface area contributed by atoms with Gasteiger partial charge in [-0.05, 0) is 25.0 Å². The second kappa shape index (κ2) is 5.46. The van der Waals surface area contributed by atoms with E-state index in [0.717, 1.165) is 0 Å². The van der Waals surface area contributed by atoms with Gasteiger partial charge in [-0.2, -0.15) is 4.31 Å². The quantitative estimate of drug-likeness (QED) is 0.811. The zero-order valence-electron chi connectivity index (χ0n) is 10.0. The standard InChI is InChI=1S/C11H14Cl2N2O3S/c12-8-3-4-9(10(13)11(8)14)19(17,18)15-5-1-2-7(16)6-15/h3-4,7,16H,1-2,5-6,14H2/t7-/m0/s1. The van der Waals surface area contributed by atoms with E-state index < -0.39 is 16.1 Å². The number of rotatable bonds is 2. The summed E-state index contributed by atoms with van der Waals surface area (Å²) in [6.07, 6.45) is 0.566. The van der Waals surface area contributed by atoms with Gasteiger partial charge < -0.3 is 10.8 Å². The zero-order valence-corrected chi connectivity index (χ0v) is 12.3. The number of halogens is 2. The van der Waals surface area contributed by atoms with Crippen LogP contribution in [0.25, 0.3) is 0 Å². The molecule has 1 saturated heterocycles. The molecule has 0 saturated carbocycles. The summed E-state index contributed by atoms with van der Waals surface area (Å²) < 4.78 is 26.1. The fourth-order valence-corrected chi connectivity index (χ4v) is 4.28. The third kappa shape index (κ3) is 2.83. The first-order valence-corrected chi connectivity index (χ1v) is 7.95. The van der Waals surface area contributed by atoms with Crippen LogP contribution >= 0.6 is 23.2 Å². The summed E-state index contributed by atoms with van der Waals surface area (Å²) in [5.41, 5.74) is 5.68. The monoisotopic (exact) mass is 324 g/mol. The average molecular weight is 325 g/mol. The molecule has 0 bridgehead atoms. The van der Waals surface area contributed by atoms with Crippen LogP contribution in [0.15, 0.2) is 17.0 Å². The Balaban J connectivity index is 2.42. The number of nitrogen functional groups attached to an aromatic ring is 1. The molecule has 0 aromatic heterocycles. The molecule has 1 atom stereocenters. The van der Waals surface area contributed by atoms with E-state index in [0.29, 0.717) is 19.4 Å². The predicted octanol–water partition coefficient (Wildman–Crippen LogP) is 1.72. The molecule has 8 heteroatoms.